The Kier molecular flexibility index (Phi) is 4.72. The number of hydrogen-bond acceptors (Lipinski definition) is 3. The van der Waals surface area contributed by atoms with E-state index < -0.39 is 0 Å². The summed E-state index contributed by atoms with van der Waals surface area (Å²) in [6, 6.07) is 6.58. The first kappa shape index (κ1) is 13.5. The molecule has 0 amide bonds. The van der Waals surface area contributed by atoms with Crippen molar-refractivity contribution in [1.82, 2.24) is 5.32 Å². The molecular weight excluding hydrogens is 248 g/mol. The molecule has 3 nitrogen and oxygen atoms in total. The largest absolute Gasteiger partial charge is 0.492 e. The van der Waals surface area contributed by atoms with E-state index in [2.05, 4.69) is 23.3 Å². The van der Waals surface area contributed by atoms with Gasteiger partial charge >= 0.3 is 0 Å². The number of hydrogen-bond donors (Lipinski definition) is 1. The second-order valence-corrected chi connectivity index (χ2v) is 5.13. The molecule has 1 fully saturated rings. The number of rotatable bonds is 5. The summed E-state index contributed by atoms with van der Waals surface area (Å²) >= 11 is 6.20. The quantitative estimate of drug-likeness (QED) is 0.889. The van der Waals surface area contributed by atoms with Gasteiger partial charge in [0.05, 0.1) is 11.6 Å². The molecule has 1 N–H and O–H groups in total. The van der Waals surface area contributed by atoms with Crippen molar-refractivity contribution >= 4 is 17.3 Å². The predicted molar refractivity (Wildman–Crippen MR) is 76.9 cm³/mol. The average molecular weight is 269 g/mol. The van der Waals surface area contributed by atoms with Crippen LogP contribution in [0.4, 0.5) is 5.69 Å². The zero-order chi connectivity index (χ0) is 13.0. The summed E-state index contributed by atoms with van der Waals surface area (Å²) in [5, 5.41) is 4.19. The Morgan fingerprint density at radius 1 is 1.50 bits per heavy atom. The Hall–Kier alpha value is -0.930. The van der Waals surface area contributed by atoms with Crippen LogP contribution in [0.2, 0.25) is 5.02 Å². The Morgan fingerprint density at radius 2 is 2.33 bits per heavy atom. The number of nitrogens with zero attached hydrogens (tertiary/aromatic N) is 1. The summed E-state index contributed by atoms with van der Waals surface area (Å²) in [6.45, 7) is 4.76. The van der Waals surface area contributed by atoms with Crippen molar-refractivity contribution in [3.05, 3.63) is 23.2 Å². The van der Waals surface area contributed by atoms with E-state index in [1.54, 1.807) is 0 Å². The SMILES string of the molecule is CCOc1ccc(N(C)CC2CCCN2)cc1Cl. The van der Waals surface area contributed by atoms with Gasteiger partial charge in [0.25, 0.3) is 0 Å². The van der Waals surface area contributed by atoms with Crippen molar-refractivity contribution in [2.45, 2.75) is 25.8 Å². The zero-order valence-electron chi connectivity index (χ0n) is 11.1. The highest BCUT2D eigenvalue weighted by molar-refractivity contribution is 6.32. The second kappa shape index (κ2) is 6.30. The van der Waals surface area contributed by atoms with Gasteiger partial charge in [-0.1, -0.05) is 11.6 Å². The lowest BCUT2D eigenvalue weighted by Gasteiger charge is -2.23. The van der Waals surface area contributed by atoms with Crippen molar-refractivity contribution in [2.24, 2.45) is 0 Å². The van der Waals surface area contributed by atoms with E-state index in [4.69, 9.17) is 16.3 Å². The van der Waals surface area contributed by atoms with Gasteiger partial charge in [0, 0.05) is 25.3 Å². The Balaban J connectivity index is 2.01. The molecule has 18 heavy (non-hydrogen) atoms. The van der Waals surface area contributed by atoms with Gasteiger partial charge in [-0.05, 0) is 44.5 Å². The minimum atomic E-state index is 0.598. The van der Waals surface area contributed by atoms with E-state index in [0.717, 1.165) is 24.5 Å². The van der Waals surface area contributed by atoms with E-state index in [1.807, 2.05) is 19.1 Å². The highest BCUT2D eigenvalue weighted by Crippen LogP contribution is 2.29. The van der Waals surface area contributed by atoms with Gasteiger partial charge in [0.1, 0.15) is 5.75 Å². The number of nitrogens with one attached hydrogen (secondary N) is 1. The molecule has 0 radical (unpaired) electrons. The highest BCUT2D eigenvalue weighted by Gasteiger charge is 2.16. The van der Waals surface area contributed by atoms with Crippen LogP contribution < -0.4 is 15.0 Å². The zero-order valence-corrected chi connectivity index (χ0v) is 11.8. The van der Waals surface area contributed by atoms with Crippen molar-refractivity contribution < 1.29 is 4.74 Å². The van der Waals surface area contributed by atoms with E-state index >= 15 is 0 Å². The molecule has 1 saturated heterocycles. The van der Waals surface area contributed by atoms with Crippen LogP contribution in [0.15, 0.2) is 18.2 Å². The van der Waals surface area contributed by atoms with Gasteiger partial charge in [-0.2, -0.15) is 0 Å². The van der Waals surface area contributed by atoms with Crippen LogP contribution in [-0.2, 0) is 0 Å². The molecular formula is C14H21ClN2O. The smallest absolute Gasteiger partial charge is 0.138 e. The fourth-order valence-electron chi connectivity index (χ4n) is 2.35. The first-order chi connectivity index (χ1) is 8.70. The van der Waals surface area contributed by atoms with Crippen LogP contribution in [0, 0.1) is 0 Å². The maximum Gasteiger partial charge on any atom is 0.138 e. The van der Waals surface area contributed by atoms with Crippen LogP contribution in [-0.4, -0.2) is 32.8 Å². The number of halogens is 1. The number of anilines is 1. The molecule has 0 aliphatic carbocycles. The maximum absolute atomic E-state index is 6.20. The summed E-state index contributed by atoms with van der Waals surface area (Å²) in [6.07, 6.45) is 2.54. The van der Waals surface area contributed by atoms with Gasteiger partial charge < -0.3 is 15.0 Å². The molecule has 1 aromatic carbocycles. The molecule has 4 heteroatoms. The molecule has 1 aliphatic rings. The van der Waals surface area contributed by atoms with Gasteiger partial charge in [-0.15, -0.1) is 0 Å². The molecule has 1 heterocycles. The lowest BCUT2D eigenvalue weighted by atomic mass is 10.2. The third kappa shape index (κ3) is 3.30. The van der Waals surface area contributed by atoms with Crippen molar-refractivity contribution in [3.8, 4) is 5.75 Å². The van der Waals surface area contributed by atoms with Crippen LogP contribution in [0.3, 0.4) is 0 Å². The van der Waals surface area contributed by atoms with Crippen LogP contribution >= 0.6 is 11.6 Å². The lowest BCUT2D eigenvalue weighted by molar-refractivity contribution is 0.340. The summed E-state index contributed by atoms with van der Waals surface area (Å²) in [5.74, 6) is 0.760. The van der Waals surface area contributed by atoms with Crippen LogP contribution in [0.5, 0.6) is 5.75 Å². The minimum absolute atomic E-state index is 0.598. The summed E-state index contributed by atoms with van der Waals surface area (Å²) in [4.78, 5) is 2.24. The predicted octanol–water partition coefficient (Wildman–Crippen LogP) is 2.93. The minimum Gasteiger partial charge on any atom is -0.492 e. The first-order valence-corrected chi connectivity index (χ1v) is 6.95. The summed E-state index contributed by atoms with van der Waals surface area (Å²) in [5.41, 5.74) is 1.14. The molecule has 1 aliphatic heterocycles. The summed E-state index contributed by atoms with van der Waals surface area (Å²) < 4.78 is 5.44. The molecule has 0 saturated carbocycles. The fraction of sp³-hybridized carbons (Fsp3) is 0.571. The Morgan fingerprint density at radius 3 is 2.94 bits per heavy atom. The van der Waals surface area contributed by atoms with E-state index in [-0.39, 0.29) is 0 Å². The molecule has 2 rings (SSSR count). The normalized spacial score (nSPS) is 18.9. The fourth-order valence-corrected chi connectivity index (χ4v) is 2.58. The van der Waals surface area contributed by atoms with Gasteiger partial charge in [-0.25, -0.2) is 0 Å². The topological polar surface area (TPSA) is 24.5 Å². The lowest BCUT2D eigenvalue weighted by Crippen LogP contribution is -2.35. The highest BCUT2D eigenvalue weighted by atomic mass is 35.5. The van der Waals surface area contributed by atoms with E-state index in [9.17, 15) is 0 Å². The van der Waals surface area contributed by atoms with Crippen molar-refractivity contribution in [3.63, 3.8) is 0 Å². The third-order valence-corrected chi connectivity index (χ3v) is 3.61. The van der Waals surface area contributed by atoms with Gasteiger partial charge in [-0.3, -0.25) is 0 Å². The molecule has 100 valence electrons. The van der Waals surface area contributed by atoms with Crippen LogP contribution in [0.25, 0.3) is 0 Å². The standard InChI is InChI=1S/C14H21ClN2O/c1-3-18-14-7-6-12(9-13(14)15)17(2)10-11-5-4-8-16-11/h6-7,9,11,16H,3-5,8,10H2,1-2H3. The third-order valence-electron chi connectivity index (χ3n) is 3.31. The molecule has 1 aromatic rings. The number of ether oxygens (including phenoxy) is 1. The number of likely N-dealkylation sites (N-methyl/N-ethyl adjacent to an activating group) is 1. The molecule has 0 spiro atoms. The molecule has 1 atom stereocenters. The first-order valence-electron chi connectivity index (χ1n) is 6.57. The van der Waals surface area contributed by atoms with Gasteiger partial charge in [0.15, 0.2) is 0 Å². The Bertz CT molecular complexity index is 391. The maximum atomic E-state index is 6.20. The number of benzene rings is 1. The monoisotopic (exact) mass is 268 g/mol. The summed E-state index contributed by atoms with van der Waals surface area (Å²) in [7, 11) is 2.10. The Labute approximate surface area is 114 Å². The molecule has 0 bridgehead atoms. The van der Waals surface area contributed by atoms with Crippen LogP contribution in [0.1, 0.15) is 19.8 Å². The second-order valence-electron chi connectivity index (χ2n) is 4.72. The van der Waals surface area contributed by atoms with E-state index in [1.165, 1.54) is 12.8 Å². The van der Waals surface area contributed by atoms with Crippen molar-refractivity contribution in [1.29, 1.82) is 0 Å². The molecule has 1 unspecified atom stereocenters. The molecule has 0 aromatic heterocycles. The van der Waals surface area contributed by atoms with Crippen molar-refractivity contribution in [2.75, 3.05) is 31.6 Å². The van der Waals surface area contributed by atoms with Gasteiger partial charge in [0.2, 0.25) is 0 Å². The average Bonchev–Trinajstić information content (AvgIpc) is 2.84. The van der Waals surface area contributed by atoms with E-state index in [0.29, 0.717) is 17.7 Å².